The molecule has 0 radical (unpaired) electrons. The van der Waals surface area contributed by atoms with Crippen LogP contribution in [0.25, 0.3) is 0 Å². The Balaban J connectivity index is 1.62. The molecule has 0 unspecified atom stereocenters. The highest BCUT2D eigenvalue weighted by Gasteiger charge is 2.58. The van der Waals surface area contributed by atoms with Gasteiger partial charge in [-0.15, -0.1) is 0 Å². The van der Waals surface area contributed by atoms with Gasteiger partial charge in [0, 0.05) is 12.2 Å². The van der Waals surface area contributed by atoms with E-state index >= 15 is 0 Å². The molecule has 30 heavy (non-hydrogen) atoms. The van der Waals surface area contributed by atoms with E-state index in [9.17, 15) is 14.4 Å². The van der Waals surface area contributed by atoms with Crippen molar-refractivity contribution >= 4 is 23.4 Å². The summed E-state index contributed by atoms with van der Waals surface area (Å²) in [6.07, 6.45) is 1.94. The number of para-hydroxylation sites is 1. The highest BCUT2D eigenvalue weighted by atomic mass is 16.5. The molecule has 0 aromatic heterocycles. The number of rotatable bonds is 7. The lowest BCUT2D eigenvalue weighted by atomic mass is 9.73. The van der Waals surface area contributed by atoms with E-state index in [1.807, 2.05) is 54.6 Å². The summed E-state index contributed by atoms with van der Waals surface area (Å²) in [4.78, 5) is 38.8. The van der Waals surface area contributed by atoms with Crippen LogP contribution in [-0.4, -0.2) is 48.4 Å². The number of nitrogens with zero attached hydrogens (tertiary/aromatic N) is 1. The molecular weight excluding hydrogens is 382 g/mol. The van der Waals surface area contributed by atoms with E-state index in [0.717, 1.165) is 23.2 Å². The molecule has 4 rings (SSSR count). The van der Waals surface area contributed by atoms with Gasteiger partial charge in [0.25, 0.3) is 0 Å². The fourth-order valence-corrected chi connectivity index (χ4v) is 4.77. The number of aryl methyl sites for hydroxylation is 1. The number of benzene rings is 2. The highest BCUT2D eigenvalue weighted by Crippen LogP contribution is 2.49. The van der Waals surface area contributed by atoms with Crippen LogP contribution in [0.5, 0.6) is 0 Å². The Morgan fingerprint density at radius 3 is 2.60 bits per heavy atom. The number of amides is 3. The van der Waals surface area contributed by atoms with E-state index in [4.69, 9.17) is 10.5 Å². The molecule has 156 valence electrons. The highest BCUT2D eigenvalue weighted by molar-refractivity contribution is 6.07. The smallest absolute Gasteiger partial charge is 0.248 e. The fourth-order valence-electron chi connectivity index (χ4n) is 4.77. The molecule has 2 heterocycles. The number of primary amides is 1. The summed E-state index contributed by atoms with van der Waals surface area (Å²) in [7, 11) is 0. The zero-order valence-electron chi connectivity index (χ0n) is 16.7. The Bertz CT molecular complexity index is 962. The van der Waals surface area contributed by atoms with Crippen molar-refractivity contribution in [3.63, 3.8) is 0 Å². The summed E-state index contributed by atoms with van der Waals surface area (Å²) in [6.45, 7) is -0.0766. The maximum atomic E-state index is 13.2. The average Bonchev–Trinajstić information content (AvgIpc) is 3.26. The third kappa shape index (κ3) is 3.57. The molecule has 0 saturated carbocycles. The van der Waals surface area contributed by atoms with Crippen molar-refractivity contribution in [2.24, 2.45) is 5.73 Å². The number of hydrogen-bond acceptors (Lipinski definition) is 4. The maximum absolute atomic E-state index is 13.2. The van der Waals surface area contributed by atoms with Crippen LogP contribution < -0.4 is 11.1 Å². The molecule has 2 aromatic carbocycles. The summed E-state index contributed by atoms with van der Waals surface area (Å²) in [5.41, 5.74) is 7.24. The van der Waals surface area contributed by atoms with Gasteiger partial charge >= 0.3 is 0 Å². The SMILES string of the molecule is NC(=O)COCC(=O)N1CC[C@@]2(C(=O)Nc3ccccc32)[C@@H]1CCc1ccccc1. The Kier molecular flexibility index (Phi) is 5.55. The zero-order chi connectivity index (χ0) is 21.1. The number of anilines is 1. The Labute approximate surface area is 175 Å². The lowest BCUT2D eigenvalue weighted by Gasteiger charge is -2.34. The van der Waals surface area contributed by atoms with Crippen LogP contribution in [0, 0.1) is 0 Å². The fraction of sp³-hybridized carbons (Fsp3) is 0.348. The van der Waals surface area contributed by atoms with Crippen molar-refractivity contribution in [2.45, 2.75) is 30.7 Å². The van der Waals surface area contributed by atoms with E-state index in [-0.39, 0.29) is 31.1 Å². The first kappa shape index (κ1) is 20.1. The molecule has 3 amide bonds. The largest absolute Gasteiger partial charge is 0.368 e. The second-order valence-corrected chi connectivity index (χ2v) is 7.81. The first-order chi connectivity index (χ1) is 14.5. The summed E-state index contributed by atoms with van der Waals surface area (Å²) < 4.78 is 5.16. The van der Waals surface area contributed by atoms with Crippen LogP contribution >= 0.6 is 0 Å². The van der Waals surface area contributed by atoms with Gasteiger partial charge in [-0.1, -0.05) is 48.5 Å². The zero-order valence-corrected chi connectivity index (χ0v) is 16.7. The van der Waals surface area contributed by atoms with Gasteiger partial charge in [-0.05, 0) is 36.5 Å². The summed E-state index contributed by atoms with van der Waals surface area (Å²) >= 11 is 0. The van der Waals surface area contributed by atoms with Gasteiger partial charge < -0.3 is 20.7 Å². The molecule has 1 fully saturated rings. The molecule has 7 heteroatoms. The standard InChI is InChI=1S/C23H25N3O4/c24-20(27)14-30-15-21(28)26-13-12-23(17-8-4-5-9-18(17)25-22(23)29)19(26)11-10-16-6-2-1-3-7-16/h1-9,19H,10-15H2,(H2,24,27)(H,25,29)/t19-,23-/m0/s1. The van der Waals surface area contributed by atoms with Crippen LogP contribution in [0.1, 0.15) is 24.0 Å². The molecule has 2 aliphatic heterocycles. The van der Waals surface area contributed by atoms with Crippen molar-refractivity contribution in [1.29, 1.82) is 0 Å². The third-order valence-corrected chi connectivity index (χ3v) is 6.09. The average molecular weight is 407 g/mol. The lowest BCUT2D eigenvalue weighted by molar-refractivity contribution is -0.139. The maximum Gasteiger partial charge on any atom is 0.248 e. The van der Waals surface area contributed by atoms with Gasteiger partial charge in [0.15, 0.2) is 0 Å². The number of carbonyl (C=O) groups is 3. The van der Waals surface area contributed by atoms with E-state index in [2.05, 4.69) is 5.32 Å². The van der Waals surface area contributed by atoms with Gasteiger partial charge in [-0.3, -0.25) is 14.4 Å². The second-order valence-electron chi connectivity index (χ2n) is 7.81. The number of likely N-dealkylation sites (tertiary alicyclic amines) is 1. The Hall–Kier alpha value is -3.19. The molecule has 7 nitrogen and oxygen atoms in total. The van der Waals surface area contributed by atoms with Crippen LogP contribution in [0.15, 0.2) is 54.6 Å². The minimum absolute atomic E-state index is 0.0601. The number of carbonyl (C=O) groups excluding carboxylic acids is 3. The van der Waals surface area contributed by atoms with Gasteiger partial charge in [0.1, 0.15) is 13.2 Å². The van der Waals surface area contributed by atoms with E-state index in [1.165, 1.54) is 0 Å². The minimum Gasteiger partial charge on any atom is -0.368 e. The number of fused-ring (bicyclic) bond motifs is 2. The lowest BCUT2D eigenvalue weighted by Crippen LogP contribution is -2.49. The molecule has 2 atom stereocenters. The van der Waals surface area contributed by atoms with Crippen LogP contribution in [-0.2, 0) is 31.0 Å². The number of ether oxygens (including phenoxy) is 1. The Morgan fingerprint density at radius 2 is 1.83 bits per heavy atom. The molecule has 1 spiro atoms. The van der Waals surface area contributed by atoms with Crippen molar-refractivity contribution in [1.82, 2.24) is 4.90 Å². The predicted molar refractivity (Wildman–Crippen MR) is 112 cm³/mol. The van der Waals surface area contributed by atoms with Crippen molar-refractivity contribution in [3.8, 4) is 0 Å². The van der Waals surface area contributed by atoms with Crippen molar-refractivity contribution in [3.05, 3.63) is 65.7 Å². The van der Waals surface area contributed by atoms with Gasteiger partial charge in [0.05, 0.1) is 11.5 Å². The van der Waals surface area contributed by atoms with E-state index in [0.29, 0.717) is 19.4 Å². The third-order valence-electron chi connectivity index (χ3n) is 6.09. The normalized spacial score (nSPS) is 22.2. The van der Waals surface area contributed by atoms with Crippen LogP contribution in [0.4, 0.5) is 5.69 Å². The monoisotopic (exact) mass is 407 g/mol. The van der Waals surface area contributed by atoms with E-state index in [1.54, 1.807) is 4.90 Å². The molecule has 0 bridgehead atoms. The van der Waals surface area contributed by atoms with Gasteiger partial charge in [0.2, 0.25) is 17.7 Å². The first-order valence-corrected chi connectivity index (χ1v) is 10.1. The molecule has 2 aromatic rings. The Morgan fingerprint density at radius 1 is 1.10 bits per heavy atom. The van der Waals surface area contributed by atoms with E-state index < -0.39 is 11.3 Å². The summed E-state index contributed by atoms with van der Waals surface area (Å²) in [5.74, 6) is -0.913. The van der Waals surface area contributed by atoms with Gasteiger partial charge in [-0.2, -0.15) is 0 Å². The van der Waals surface area contributed by atoms with Crippen LogP contribution in [0.2, 0.25) is 0 Å². The minimum atomic E-state index is -0.773. The molecule has 3 N–H and O–H groups in total. The number of nitrogens with two attached hydrogens (primary N) is 1. The predicted octanol–water partition coefficient (Wildman–Crippen LogP) is 1.61. The van der Waals surface area contributed by atoms with Gasteiger partial charge in [-0.25, -0.2) is 0 Å². The summed E-state index contributed by atoms with van der Waals surface area (Å²) in [6, 6.07) is 17.4. The molecule has 0 aliphatic carbocycles. The molecule has 1 saturated heterocycles. The second kappa shape index (κ2) is 8.28. The number of nitrogens with one attached hydrogen (secondary N) is 1. The summed E-state index contributed by atoms with van der Waals surface area (Å²) in [5, 5.41) is 3.01. The van der Waals surface area contributed by atoms with Crippen molar-refractivity contribution in [2.75, 3.05) is 25.1 Å². The molecular formula is C23H25N3O4. The quantitative estimate of drug-likeness (QED) is 0.728. The first-order valence-electron chi connectivity index (χ1n) is 10.1. The van der Waals surface area contributed by atoms with Crippen LogP contribution in [0.3, 0.4) is 0 Å². The van der Waals surface area contributed by atoms with Crippen molar-refractivity contribution < 1.29 is 19.1 Å². The number of hydrogen-bond donors (Lipinski definition) is 2. The molecule has 2 aliphatic rings. The topological polar surface area (TPSA) is 102 Å².